The van der Waals surface area contributed by atoms with E-state index >= 15 is 0 Å². The van der Waals surface area contributed by atoms with E-state index < -0.39 is 17.8 Å². The van der Waals surface area contributed by atoms with Crippen molar-refractivity contribution in [3.05, 3.63) is 29.8 Å². The molecule has 106 valence electrons. The number of carbonyl (C=O) groups is 3. The van der Waals surface area contributed by atoms with Gasteiger partial charge in [-0.15, -0.1) is 0 Å². The molecule has 20 heavy (non-hydrogen) atoms. The lowest BCUT2D eigenvalue weighted by atomic mass is 9.95. The quantitative estimate of drug-likeness (QED) is 0.826. The summed E-state index contributed by atoms with van der Waals surface area (Å²) in [6, 6.07) is 6.66. The average Bonchev–Trinajstić information content (AvgIpc) is 2.88. The van der Waals surface area contributed by atoms with Gasteiger partial charge in [0.15, 0.2) is 5.78 Å². The van der Waals surface area contributed by atoms with Crippen molar-refractivity contribution in [2.24, 2.45) is 11.8 Å². The normalized spacial score (nSPS) is 21.4. The molecule has 5 nitrogen and oxygen atoms in total. The molecule has 1 saturated carbocycles. The van der Waals surface area contributed by atoms with Crippen LogP contribution in [-0.2, 0) is 9.59 Å². The van der Waals surface area contributed by atoms with Gasteiger partial charge in [0.25, 0.3) is 0 Å². The van der Waals surface area contributed by atoms with Crippen LogP contribution in [0.2, 0.25) is 0 Å². The zero-order chi connectivity index (χ0) is 14.7. The summed E-state index contributed by atoms with van der Waals surface area (Å²) >= 11 is 0. The van der Waals surface area contributed by atoms with Crippen LogP contribution in [0.15, 0.2) is 24.3 Å². The largest absolute Gasteiger partial charge is 0.481 e. The Morgan fingerprint density at radius 2 is 1.90 bits per heavy atom. The van der Waals surface area contributed by atoms with Crippen molar-refractivity contribution >= 4 is 23.3 Å². The van der Waals surface area contributed by atoms with Crippen LogP contribution in [0.1, 0.15) is 36.5 Å². The van der Waals surface area contributed by atoms with Gasteiger partial charge >= 0.3 is 5.97 Å². The Kier molecular flexibility index (Phi) is 4.17. The Bertz CT molecular complexity index is 553. The Morgan fingerprint density at radius 3 is 2.55 bits per heavy atom. The molecule has 2 atom stereocenters. The minimum atomic E-state index is -0.917. The molecule has 1 aromatic rings. The molecule has 2 N–H and O–H groups in total. The van der Waals surface area contributed by atoms with Crippen molar-refractivity contribution in [3.63, 3.8) is 0 Å². The van der Waals surface area contributed by atoms with E-state index in [1.54, 1.807) is 24.3 Å². The standard InChI is InChI=1S/C15H17NO4/c1-9(17)10-4-2-5-11(8-10)16-14(18)12-6-3-7-13(12)15(19)20/h2,4-5,8,12-13H,3,6-7H2,1H3,(H,16,18)(H,19,20)/t12-,13+/m1/s1. The fourth-order valence-corrected chi connectivity index (χ4v) is 2.62. The lowest BCUT2D eigenvalue weighted by Gasteiger charge is -2.15. The topological polar surface area (TPSA) is 83.5 Å². The van der Waals surface area contributed by atoms with E-state index in [4.69, 9.17) is 5.11 Å². The second-order valence-corrected chi connectivity index (χ2v) is 5.11. The highest BCUT2D eigenvalue weighted by molar-refractivity contribution is 5.98. The maximum atomic E-state index is 12.2. The number of hydrogen-bond acceptors (Lipinski definition) is 3. The van der Waals surface area contributed by atoms with Crippen molar-refractivity contribution < 1.29 is 19.5 Å². The number of rotatable bonds is 4. The zero-order valence-electron chi connectivity index (χ0n) is 11.3. The molecule has 0 heterocycles. The van der Waals surface area contributed by atoms with Crippen LogP contribution < -0.4 is 5.32 Å². The summed E-state index contributed by atoms with van der Waals surface area (Å²) in [7, 11) is 0. The summed E-state index contributed by atoms with van der Waals surface area (Å²) < 4.78 is 0. The summed E-state index contributed by atoms with van der Waals surface area (Å²) in [6.07, 6.45) is 1.89. The first kappa shape index (κ1) is 14.2. The van der Waals surface area contributed by atoms with Crippen LogP contribution >= 0.6 is 0 Å². The van der Waals surface area contributed by atoms with Crippen LogP contribution in [0.3, 0.4) is 0 Å². The lowest BCUT2D eigenvalue weighted by molar-refractivity contribution is -0.145. The average molecular weight is 275 g/mol. The number of hydrogen-bond donors (Lipinski definition) is 2. The first-order valence-corrected chi connectivity index (χ1v) is 6.63. The van der Waals surface area contributed by atoms with Gasteiger partial charge in [0.2, 0.25) is 5.91 Å². The number of nitrogens with one attached hydrogen (secondary N) is 1. The van der Waals surface area contributed by atoms with Gasteiger partial charge in [0, 0.05) is 11.3 Å². The Labute approximate surface area is 117 Å². The molecule has 0 saturated heterocycles. The molecule has 1 aliphatic carbocycles. The Morgan fingerprint density at radius 1 is 1.20 bits per heavy atom. The van der Waals surface area contributed by atoms with E-state index in [1.807, 2.05) is 0 Å². The number of carboxylic acid groups (broad SMARTS) is 1. The molecule has 2 rings (SSSR count). The molecule has 0 unspecified atom stereocenters. The SMILES string of the molecule is CC(=O)c1cccc(NC(=O)[C@@H]2CCC[C@@H]2C(=O)O)c1. The summed E-state index contributed by atoms with van der Waals surface area (Å²) in [5.41, 5.74) is 1.04. The van der Waals surface area contributed by atoms with E-state index in [0.717, 1.165) is 6.42 Å². The summed E-state index contributed by atoms with van der Waals surface area (Å²) in [4.78, 5) is 34.5. The second kappa shape index (κ2) is 5.86. The summed E-state index contributed by atoms with van der Waals surface area (Å²) in [5.74, 6) is -2.37. The third-order valence-corrected chi connectivity index (χ3v) is 3.71. The van der Waals surface area contributed by atoms with E-state index in [-0.39, 0.29) is 11.7 Å². The highest BCUT2D eigenvalue weighted by atomic mass is 16.4. The van der Waals surface area contributed by atoms with Crippen LogP contribution in [-0.4, -0.2) is 22.8 Å². The fourth-order valence-electron chi connectivity index (χ4n) is 2.62. The summed E-state index contributed by atoms with van der Waals surface area (Å²) in [6.45, 7) is 1.46. The minimum absolute atomic E-state index is 0.0784. The molecule has 0 spiro atoms. The van der Waals surface area contributed by atoms with Gasteiger partial charge in [-0.05, 0) is 31.9 Å². The second-order valence-electron chi connectivity index (χ2n) is 5.11. The highest BCUT2D eigenvalue weighted by Crippen LogP contribution is 2.32. The third-order valence-electron chi connectivity index (χ3n) is 3.71. The maximum Gasteiger partial charge on any atom is 0.307 e. The van der Waals surface area contributed by atoms with E-state index in [9.17, 15) is 14.4 Å². The fraction of sp³-hybridized carbons (Fsp3) is 0.400. The predicted molar refractivity (Wildman–Crippen MR) is 73.5 cm³/mol. The zero-order valence-corrected chi connectivity index (χ0v) is 11.3. The number of benzene rings is 1. The van der Waals surface area contributed by atoms with Crippen molar-refractivity contribution in [2.45, 2.75) is 26.2 Å². The van der Waals surface area contributed by atoms with E-state index in [0.29, 0.717) is 24.1 Å². The number of ketones is 1. The van der Waals surface area contributed by atoms with Gasteiger partial charge < -0.3 is 10.4 Å². The van der Waals surface area contributed by atoms with Crippen molar-refractivity contribution in [2.75, 3.05) is 5.32 Å². The van der Waals surface area contributed by atoms with Gasteiger partial charge in [-0.1, -0.05) is 18.6 Å². The molecule has 1 fully saturated rings. The van der Waals surface area contributed by atoms with Gasteiger partial charge in [0.05, 0.1) is 11.8 Å². The maximum absolute atomic E-state index is 12.2. The Balaban J connectivity index is 2.09. The monoisotopic (exact) mass is 275 g/mol. The van der Waals surface area contributed by atoms with Crippen molar-refractivity contribution in [3.8, 4) is 0 Å². The van der Waals surface area contributed by atoms with Crippen molar-refractivity contribution in [1.29, 1.82) is 0 Å². The number of carboxylic acids is 1. The van der Waals surface area contributed by atoms with Crippen LogP contribution in [0.5, 0.6) is 0 Å². The molecule has 0 radical (unpaired) electrons. The molecule has 0 aromatic heterocycles. The lowest BCUT2D eigenvalue weighted by Crippen LogP contribution is -2.30. The van der Waals surface area contributed by atoms with Crippen LogP contribution in [0, 0.1) is 11.8 Å². The summed E-state index contributed by atoms with van der Waals surface area (Å²) in [5, 5.41) is 11.8. The smallest absolute Gasteiger partial charge is 0.307 e. The number of amides is 1. The Hall–Kier alpha value is -2.17. The highest BCUT2D eigenvalue weighted by Gasteiger charge is 2.37. The number of Topliss-reactive ketones (excluding diaryl/α,β-unsaturated/α-hetero) is 1. The van der Waals surface area contributed by atoms with Gasteiger partial charge in [-0.25, -0.2) is 0 Å². The molecule has 1 amide bonds. The number of carbonyl (C=O) groups excluding carboxylic acids is 2. The molecule has 5 heteroatoms. The first-order valence-electron chi connectivity index (χ1n) is 6.63. The third kappa shape index (κ3) is 3.04. The van der Waals surface area contributed by atoms with Gasteiger partial charge in [-0.2, -0.15) is 0 Å². The van der Waals surface area contributed by atoms with Crippen molar-refractivity contribution in [1.82, 2.24) is 0 Å². The van der Waals surface area contributed by atoms with Crippen LogP contribution in [0.25, 0.3) is 0 Å². The van der Waals surface area contributed by atoms with Gasteiger partial charge in [-0.3, -0.25) is 14.4 Å². The molecular weight excluding hydrogens is 258 g/mol. The molecule has 1 aromatic carbocycles. The van der Waals surface area contributed by atoms with Crippen LogP contribution in [0.4, 0.5) is 5.69 Å². The molecule has 0 bridgehead atoms. The molecule has 0 aliphatic heterocycles. The molecular formula is C15H17NO4. The molecule has 1 aliphatic rings. The van der Waals surface area contributed by atoms with Gasteiger partial charge in [0.1, 0.15) is 0 Å². The minimum Gasteiger partial charge on any atom is -0.481 e. The number of anilines is 1. The number of aliphatic carboxylic acids is 1. The predicted octanol–water partition coefficient (Wildman–Crippen LogP) is 2.33. The van der Waals surface area contributed by atoms with E-state index in [1.165, 1.54) is 6.92 Å². The first-order chi connectivity index (χ1) is 9.49. The van der Waals surface area contributed by atoms with E-state index in [2.05, 4.69) is 5.32 Å².